The third-order valence-electron chi connectivity index (χ3n) is 1.99. The van der Waals surface area contributed by atoms with Crippen LogP contribution in [0.2, 0.25) is 0 Å². The van der Waals surface area contributed by atoms with E-state index in [4.69, 9.17) is 5.11 Å². The van der Waals surface area contributed by atoms with Crippen LogP contribution in [0, 0.1) is 20.2 Å². The van der Waals surface area contributed by atoms with Crippen LogP contribution in [0.5, 0.6) is 5.75 Å². The molecule has 0 aliphatic rings. The molecule has 1 aromatic rings. The molecule has 1 aromatic carbocycles. The molecule has 19 heavy (non-hydrogen) atoms. The van der Waals surface area contributed by atoms with Gasteiger partial charge in [0.1, 0.15) is 0 Å². The maximum absolute atomic E-state index is 10.9. The Morgan fingerprint density at radius 2 is 1.79 bits per heavy atom. The van der Waals surface area contributed by atoms with E-state index in [2.05, 4.69) is 4.74 Å². The van der Waals surface area contributed by atoms with E-state index in [0.29, 0.717) is 4.90 Å². The fourth-order valence-electron chi connectivity index (χ4n) is 1.24. The lowest BCUT2D eigenvalue weighted by atomic mass is 10.2. The predicted octanol–water partition coefficient (Wildman–Crippen LogP) is 1.69. The van der Waals surface area contributed by atoms with Gasteiger partial charge in [-0.05, 0) is 6.26 Å². The molecule has 0 fully saturated rings. The SMILES string of the molecule is CSc1cc([N+](=O)[O-])c(OCC(=O)O)c([N+](=O)[O-])c1. The van der Waals surface area contributed by atoms with E-state index in [1.54, 1.807) is 6.26 Å². The lowest BCUT2D eigenvalue weighted by Crippen LogP contribution is -2.11. The molecule has 1 rings (SSSR count). The van der Waals surface area contributed by atoms with Crippen molar-refractivity contribution in [2.75, 3.05) is 12.9 Å². The number of carboxylic acids is 1. The first-order chi connectivity index (χ1) is 8.86. The van der Waals surface area contributed by atoms with Crippen molar-refractivity contribution in [1.82, 2.24) is 0 Å². The highest BCUT2D eigenvalue weighted by atomic mass is 32.2. The summed E-state index contributed by atoms with van der Waals surface area (Å²) in [5.74, 6) is -2.05. The lowest BCUT2D eigenvalue weighted by molar-refractivity contribution is -0.396. The van der Waals surface area contributed by atoms with Crippen LogP contribution in [0.4, 0.5) is 11.4 Å². The average Bonchev–Trinajstić information content (AvgIpc) is 2.34. The minimum absolute atomic E-state index is 0.307. The molecule has 0 amide bonds. The highest BCUT2D eigenvalue weighted by molar-refractivity contribution is 7.98. The molecule has 0 aliphatic carbocycles. The minimum atomic E-state index is -1.39. The molecular weight excluding hydrogens is 280 g/mol. The van der Waals surface area contributed by atoms with Crippen LogP contribution in [0.1, 0.15) is 0 Å². The first-order valence-corrected chi connectivity index (χ1v) is 5.94. The minimum Gasteiger partial charge on any atom is -0.479 e. The summed E-state index contributed by atoms with van der Waals surface area (Å²) in [5.41, 5.74) is -1.28. The van der Waals surface area contributed by atoms with Crippen LogP contribution in [0.15, 0.2) is 17.0 Å². The third-order valence-corrected chi connectivity index (χ3v) is 2.70. The van der Waals surface area contributed by atoms with Gasteiger partial charge in [-0.3, -0.25) is 20.2 Å². The number of benzene rings is 1. The first kappa shape index (κ1) is 14.7. The Kier molecular flexibility index (Phi) is 4.64. The number of nitro groups is 2. The summed E-state index contributed by atoms with van der Waals surface area (Å²) in [5, 5.41) is 30.2. The lowest BCUT2D eigenvalue weighted by Gasteiger charge is -2.06. The second-order valence-electron chi connectivity index (χ2n) is 3.19. The van der Waals surface area contributed by atoms with Gasteiger partial charge in [0, 0.05) is 17.0 Å². The Morgan fingerprint density at radius 3 is 2.11 bits per heavy atom. The van der Waals surface area contributed by atoms with Crippen molar-refractivity contribution in [2.45, 2.75) is 4.90 Å². The van der Waals surface area contributed by atoms with E-state index >= 15 is 0 Å². The molecule has 9 nitrogen and oxygen atoms in total. The number of aliphatic carboxylic acids is 1. The number of nitro benzene ring substituents is 2. The van der Waals surface area contributed by atoms with E-state index in [-0.39, 0.29) is 0 Å². The van der Waals surface area contributed by atoms with Crippen molar-refractivity contribution in [1.29, 1.82) is 0 Å². The number of rotatable bonds is 6. The maximum atomic E-state index is 10.9. The van der Waals surface area contributed by atoms with Gasteiger partial charge in [0.2, 0.25) is 0 Å². The Balaban J connectivity index is 3.40. The fourth-order valence-corrected chi connectivity index (χ4v) is 1.70. The number of ether oxygens (including phenoxy) is 1. The molecular formula is C9H8N2O7S. The van der Waals surface area contributed by atoms with Crippen LogP contribution in [-0.4, -0.2) is 33.8 Å². The van der Waals surface area contributed by atoms with Crippen LogP contribution < -0.4 is 4.74 Å². The number of hydrogen-bond acceptors (Lipinski definition) is 7. The Hall–Kier alpha value is -2.36. The molecule has 102 valence electrons. The van der Waals surface area contributed by atoms with Crippen molar-refractivity contribution in [3.8, 4) is 5.75 Å². The summed E-state index contributed by atoms with van der Waals surface area (Å²) in [6.45, 7) is -0.902. The molecule has 1 N–H and O–H groups in total. The zero-order valence-electron chi connectivity index (χ0n) is 9.56. The van der Waals surface area contributed by atoms with Crippen molar-refractivity contribution in [3.05, 3.63) is 32.4 Å². The van der Waals surface area contributed by atoms with Gasteiger partial charge >= 0.3 is 17.3 Å². The fraction of sp³-hybridized carbons (Fsp3) is 0.222. The summed E-state index contributed by atoms with van der Waals surface area (Å²) in [6, 6.07) is 2.18. The summed E-state index contributed by atoms with van der Waals surface area (Å²) in [4.78, 5) is 30.7. The molecule has 0 radical (unpaired) electrons. The molecule has 0 unspecified atom stereocenters. The van der Waals surface area contributed by atoms with Crippen LogP contribution in [0.3, 0.4) is 0 Å². The van der Waals surface area contributed by atoms with Gasteiger partial charge in [0.25, 0.3) is 5.75 Å². The van der Waals surface area contributed by atoms with E-state index < -0.39 is 39.5 Å². The molecule has 0 heterocycles. The quantitative estimate of drug-likeness (QED) is 0.475. The predicted molar refractivity (Wildman–Crippen MR) is 64.7 cm³/mol. The number of nitrogens with zero attached hydrogens (tertiary/aromatic N) is 2. The Bertz CT molecular complexity index is 510. The first-order valence-electron chi connectivity index (χ1n) is 4.72. The number of hydrogen-bond donors (Lipinski definition) is 1. The van der Waals surface area contributed by atoms with Crippen LogP contribution in [0.25, 0.3) is 0 Å². The number of carbonyl (C=O) groups is 1. The maximum Gasteiger partial charge on any atom is 0.341 e. The molecule has 0 atom stereocenters. The summed E-state index contributed by atoms with van der Waals surface area (Å²) >= 11 is 1.08. The van der Waals surface area contributed by atoms with Gasteiger partial charge < -0.3 is 9.84 Å². The standard InChI is InChI=1S/C9H8N2O7S/c1-19-5-2-6(10(14)15)9(18-4-8(12)13)7(3-5)11(16)17/h2-3H,4H2,1H3,(H,12,13). The molecule has 10 heteroatoms. The zero-order chi connectivity index (χ0) is 14.6. The van der Waals surface area contributed by atoms with Crippen molar-refractivity contribution in [2.24, 2.45) is 0 Å². The van der Waals surface area contributed by atoms with Crippen molar-refractivity contribution in [3.63, 3.8) is 0 Å². The van der Waals surface area contributed by atoms with Crippen LogP contribution >= 0.6 is 11.8 Å². The normalized spacial score (nSPS) is 9.95. The molecule has 0 saturated carbocycles. The van der Waals surface area contributed by atoms with E-state index in [0.717, 1.165) is 23.9 Å². The molecule has 0 saturated heterocycles. The van der Waals surface area contributed by atoms with Crippen molar-refractivity contribution >= 4 is 29.1 Å². The van der Waals surface area contributed by atoms with Gasteiger partial charge in [0.15, 0.2) is 6.61 Å². The second kappa shape index (κ2) is 6.00. The van der Waals surface area contributed by atoms with Gasteiger partial charge in [-0.2, -0.15) is 0 Å². The van der Waals surface area contributed by atoms with Gasteiger partial charge in [-0.25, -0.2) is 4.79 Å². The van der Waals surface area contributed by atoms with E-state index in [1.807, 2.05) is 0 Å². The monoisotopic (exact) mass is 288 g/mol. The second-order valence-corrected chi connectivity index (χ2v) is 4.07. The topological polar surface area (TPSA) is 133 Å². The average molecular weight is 288 g/mol. The Labute approximate surface area is 110 Å². The number of thioether (sulfide) groups is 1. The smallest absolute Gasteiger partial charge is 0.341 e. The highest BCUT2D eigenvalue weighted by Crippen LogP contribution is 2.40. The highest BCUT2D eigenvalue weighted by Gasteiger charge is 2.29. The van der Waals surface area contributed by atoms with Gasteiger partial charge in [-0.15, -0.1) is 11.8 Å². The Morgan fingerprint density at radius 1 is 1.32 bits per heavy atom. The molecule has 0 spiro atoms. The summed E-state index contributed by atoms with van der Waals surface area (Å²) < 4.78 is 4.66. The zero-order valence-corrected chi connectivity index (χ0v) is 10.4. The van der Waals surface area contributed by atoms with Gasteiger partial charge in [-0.1, -0.05) is 0 Å². The van der Waals surface area contributed by atoms with Crippen LogP contribution in [-0.2, 0) is 4.79 Å². The summed E-state index contributed by atoms with van der Waals surface area (Å²) in [6.07, 6.45) is 1.60. The molecule has 0 bridgehead atoms. The third kappa shape index (κ3) is 3.55. The number of carboxylic acid groups (broad SMARTS) is 1. The summed E-state index contributed by atoms with van der Waals surface area (Å²) in [7, 11) is 0. The molecule has 0 aliphatic heterocycles. The van der Waals surface area contributed by atoms with E-state index in [9.17, 15) is 25.0 Å². The largest absolute Gasteiger partial charge is 0.479 e. The molecule has 0 aromatic heterocycles. The van der Waals surface area contributed by atoms with Gasteiger partial charge in [0.05, 0.1) is 9.85 Å². The van der Waals surface area contributed by atoms with E-state index in [1.165, 1.54) is 0 Å². The van der Waals surface area contributed by atoms with Crippen molar-refractivity contribution < 1.29 is 24.5 Å².